The predicted molar refractivity (Wildman–Crippen MR) is 57.9 cm³/mol. The van der Waals surface area contributed by atoms with Crippen LogP contribution in [0.5, 0.6) is 0 Å². The third kappa shape index (κ3) is 1.28. The molecule has 1 unspecified atom stereocenters. The second kappa shape index (κ2) is 2.98. The van der Waals surface area contributed by atoms with Gasteiger partial charge in [0.2, 0.25) is 0 Å². The first-order chi connectivity index (χ1) is 7.18. The summed E-state index contributed by atoms with van der Waals surface area (Å²) in [6.07, 6.45) is 3.57. The van der Waals surface area contributed by atoms with E-state index in [-0.39, 0.29) is 5.56 Å². The van der Waals surface area contributed by atoms with E-state index in [1.54, 1.807) is 0 Å². The molecular weight excluding hydrogens is 190 g/mol. The highest BCUT2D eigenvalue weighted by atomic mass is 16.1. The summed E-state index contributed by atoms with van der Waals surface area (Å²) in [5.41, 5.74) is 2.30. The molecule has 1 atom stereocenters. The van der Waals surface area contributed by atoms with Crippen LogP contribution in [0.15, 0.2) is 4.79 Å². The van der Waals surface area contributed by atoms with Crippen LogP contribution in [0.25, 0.3) is 0 Å². The van der Waals surface area contributed by atoms with Crippen LogP contribution in [0.1, 0.15) is 37.1 Å². The molecule has 4 nitrogen and oxygen atoms in total. The monoisotopic (exact) mass is 207 g/mol. The summed E-state index contributed by atoms with van der Waals surface area (Å²) in [6, 6.07) is 1.17. The van der Waals surface area contributed by atoms with E-state index in [1.807, 2.05) is 11.7 Å². The lowest BCUT2D eigenvalue weighted by Gasteiger charge is -2.33. The molecule has 1 fully saturated rings. The molecule has 1 aliphatic carbocycles. The largest absolute Gasteiger partial charge is 0.292 e. The number of aromatic amines is 1. The SMILES string of the molecule is CC1c2c(c(=O)[nH]n2C)CCN1C1CC1. The van der Waals surface area contributed by atoms with Crippen LogP contribution in [-0.4, -0.2) is 27.3 Å². The Bertz CT molecular complexity index is 441. The average molecular weight is 207 g/mol. The lowest BCUT2D eigenvalue weighted by atomic mass is 10.0. The minimum absolute atomic E-state index is 0.106. The number of fused-ring (bicyclic) bond motifs is 1. The van der Waals surface area contributed by atoms with Gasteiger partial charge in [0.05, 0.1) is 5.69 Å². The van der Waals surface area contributed by atoms with Crippen molar-refractivity contribution in [2.24, 2.45) is 7.05 Å². The van der Waals surface area contributed by atoms with E-state index in [2.05, 4.69) is 16.9 Å². The molecule has 0 saturated heterocycles. The molecule has 4 heteroatoms. The highest BCUT2D eigenvalue weighted by Crippen LogP contribution is 2.37. The Labute approximate surface area is 88.9 Å². The molecule has 82 valence electrons. The molecule has 3 rings (SSSR count). The van der Waals surface area contributed by atoms with Crippen LogP contribution < -0.4 is 5.56 Å². The van der Waals surface area contributed by atoms with Crippen molar-refractivity contribution in [3.63, 3.8) is 0 Å². The van der Waals surface area contributed by atoms with E-state index in [4.69, 9.17) is 0 Å². The highest BCUT2D eigenvalue weighted by Gasteiger charge is 2.37. The standard InChI is InChI=1S/C11H17N3O/c1-7-10-9(11(15)12-13(10)2)5-6-14(7)8-3-4-8/h7-8H,3-6H2,1-2H3,(H,12,15). The molecule has 0 radical (unpaired) electrons. The van der Waals surface area contributed by atoms with Gasteiger partial charge in [-0.3, -0.25) is 19.5 Å². The second-order valence-electron chi connectivity index (χ2n) is 4.76. The molecule has 2 heterocycles. The van der Waals surface area contributed by atoms with Gasteiger partial charge in [0, 0.05) is 31.2 Å². The Morgan fingerprint density at radius 1 is 1.40 bits per heavy atom. The fourth-order valence-corrected chi connectivity index (χ4v) is 2.87. The fourth-order valence-electron chi connectivity index (χ4n) is 2.87. The smallest absolute Gasteiger partial charge is 0.267 e. The lowest BCUT2D eigenvalue weighted by Crippen LogP contribution is -2.37. The number of hydrogen-bond acceptors (Lipinski definition) is 2. The summed E-state index contributed by atoms with van der Waals surface area (Å²) in [6.45, 7) is 3.26. The molecule has 1 saturated carbocycles. The summed E-state index contributed by atoms with van der Waals surface area (Å²) in [7, 11) is 1.94. The van der Waals surface area contributed by atoms with Gasteiger partial charge in [0.1, 0.15) is 0 Å². The number of aryl methyl sites for hydroxylation is 1. The maximum absolute atomic E-state index is 11.6. The number of aromatic nitrogens is 2. The molecule has 0 bridgehead atoms. The van der Waals surface area contributed by atoms with Crippen molar-refractivity contribution in [3.8, 4) is 0 Å². The van der Waals surface area contributed by atoms with E-state index in [9.17, 15) is 4.79 Å². The number of rotatable bonds is 1. The zero-order chi connectivity index (χ0) is 10.6. The Morgan fingerprint density at radius 3 is 2.80 bits per heavy atom. The van der Waals surface area contributed by atoms with Crippen LogP contribution >= 0.6 is 0 Å². The summed E-state index contributed by atoms with van der Waals surface area (Å²) >= 11 is 0. The Hall–Kier alpha value is -1.03. The van der Waals surface area contributed by atoms with Gasteiger partial charge in [-0.1, -0.05) is 0 Å². The van der Waals surface area contributed by atoms with Crippen LogP contribution in [0.4, 0.5) is 0 Å². The average Bonchev–Trinajstić information content (AvgIpc) is 2.96. The van der Waals surface area contributed by atoms with E-state index in [0.29, 0.717) is 6.04 Å². The van der Waals surface area contributed by atoms with E-state index in [1.165, 1.54) is 18.5 Å². The van der Waals surface area contributed by atoms with Gasteiger partial charge in [-0.05, 0) is 26.2 Å². The topological polar surface area (TPSA) is 41.0 Å². The van der Waals surface area contributed by atoms with Crippen LogP contribution in [0, 0.1) is 0 Å². The third-order valence-electron chi connectivity index (χ3n) is 3.74. The summed E-state index contributed by atoms with van der Waals surface area (Å²) in [5.74, 6) is 0. The molecule has 1 aromatic heterocycles. The van der Waals surface area contributed by atoms with E-state index in [0.717, 1.165) is 24.6 Å². The van der Waals surface area contributed by atoms with Crippen molar-refractivity contribution >= 4 is 0 Å². The number of nitrogens with one attached hydrogen (secondary N) is 1. The van der Waals surface area contributed by atoms with Crippen molar-refractivity contribution in [2.45, 2.75) is 38.3 Å². The first kappa shape index (κ1) is 9.21. The van der Waals surface area contributed by atoms with Gasteiger partial charge in [-0.15, -0.1) is 0 Å². The third-order valence-corrected chi connectivity index (χ3v) is 3.74. The number of nitrogens with zero attached hydrogens (tertiary/aromatic N) is 2. The first-order valence-electron chi connectivity index (χ1n) is 5.72. The first-order valence-corrected chi connectivity index (χ1v) is 5.72. The maximum atomic E-state index is 11.6. The molecule has 15 heavy (non-hydrogen) atoms. The number of hydrogen-bond donors (Lipinski definition) is 1. The molecule has 0 aromatic carbocycles. The predicted octanol–water partition coefficient (Wildman–Crippen LogP) is 0.795. The Morgan fingerprint density at radius 2 is 2.13 bits per heavy atom. The number of H-pyrrole nitrogens is 1. The maximum Gasteiger partial charge on any atom is 0.267 e. The van der Waals surface area contributed by atoms with Crippen LogP contribution in [-0.2, 0) is 13.5 Å². The second-order valence-corrected chi connectivity index (χ2v) is 4.76. The van der Waals surface area contributed by atoms with Crippen molar-refractivity contribution < 1.29 is 0 Å². The van der Waals surface area contributed by atoms with Gasteiger partial charge >= 0.3 is 0 Å². The Balaban J connectivity index is 2.04. The summed E-state index contributed by atoms with van der Waals surface area (Å²) in [5, 5.41) is 2.86. The zero-order valence-corrected chi connectivity index (χ0v) is 9.29. The molecule has 0 spiro atoms. The minimum atomic E-state index is 0.106. The molecule has 0 amide bonds. The molecule has 2 aliphatic rings. The molecule has 1 aliphatic heterocycles. The summed E-state index contributed by atoms with van der Waals surface area (Å²) < 4.78 is 1.90. The van der Waals surface area contributed by atoms with Gasteiger partial charge in [0.15, 0.2) is 0 Å². The van der Waals surface area contributed by atoms with Crippen molar-refractivity contribution in [1.82, 2.24) is 14.7 Å². The van der Waals surface area contributed by atoms with E-state index < -0.39 is 0 Å². The quantitative estimate of drug-likeness (QED) is 0.740. The van der Waals surface area contributed by atoms with E-state index >= 15 is 0 Å². The zero-order valence-electron chi connectivity index (χ0n) is 9.29. The Kier molecular flexibility index (Phi) is 1.83. The van der Waals surface area contributed by atoms with Crippen molar-refractivity contribution in [2.75, 3.05) is 6.54 Å². The molecular formula is C11H17N3O. The highest BCUT2D eigenvalue weighted by molar-refractivity contribution is 5.25. The van der Waals surface area contributed by atoms with Gasteiger partial charge in [0.25, 0.3) is 5.56 Å². The molecule has 1 aromatic rings. The molecule has 1 N–H and O–H groups in total. The van der Waals surface area contributed by atoms with Crippen molar-refractivity contribution in [3.05, 3.63) is 21.6 Å². The van der Waals surface area contributed by atoms with Gasteiger partial charge in [-0.2, -0.15) is 0 Å². The van der Waals surface area contributed by atoms with Crippen LogP contribution in [0.3, 0.4) is 0 Å². The van der Waals surface area contributed by atoms with Crippen LogP contribution in [0.2, 0.25) is 0 Å². The summed E-state index contributed by atoms with van der Waals surface area (Å²) in [4.78, 5) is 14.2. The van der Waals surface area contributed by atoms with Gasteiger partial charge < -0.3 is 0 Å². The fraction of sp³-hybridized carbons (Fsp3) is 0.727. The lowest BCUT2D eigenvalue weighted by molar-refractivity contribution is 0.180. The normalized spacial score (nSPS) is 26.7. The van der Waals surface area contributed by atoms with Crippen molar-refractivity contribution in [1.29, 1.82) is 0 Å². The minimum Gasteiger partial charge on any atom is -0.292 e. The van der Waals surface area contributed by atoms with Gasteiger partial charge in [-0.25, -0.2) is 0 Å².